The molecular formula is C13H21NO4S. The van der Waals surface area contributed by atoms with Crippen molar-refractivity contribution >= 4 is 15.8 Å². The van der Waals surface area contributed by atoms with Gasteiger partial charge in [0.2, 0.25) is 0 Å². The number of likely N-dealkylation sites (N-methyl/N-ethyl adjacent to an activating group) is 1. The third kappa shape index (κ3) is 4.49. The molecule has 0 saturated carbocycles. The molecule has 0 spiro atoms. The highest BCUT2D eigenvalue weighted by molar-refractivity contribution is 7.85. The van der Waals surface area contributed by atoms with Gasteiger partial charge in [0.25, 0.3) is 10.1 Å². The third-order valence-corrected chi connectivity index (χ3v) is 3.76. The molecular weight excluding hydrogens is 266 g/mol. The average Bonchev–Trinajstić information content (AvgIpc) is 2.29. The van der Waals surface area contributed by atoms with Crippen molar-refractivity contribution in [2.24, 2.45) is 0 Å². The van der Waals surface area contributed by atoms with Gasteiger partial charge in [-0.2, -0.15) is 8.42 Å². The maximum atomic E-state index is 11.0. The van der Waals surface area contributed by atoms with Gasteiger partial charge in [0.1, 0.15) is 5.75 Å². The van der Waals surface area contributed by atoms with E-state index in [9.17, 15) is 8.42 Å². The minimum atomic E-state index is -4.02. The second-order valence-corrected chi connectivity index (χ2v) is 6.05. The Kier molecular flexibility index (Phi) is 5.34. The molecule has 1 aromatic carbocycles. The third-order valence-electron chi connectivity index (χ3n) is 3.08. The molecule has 2 N–H and O–H groups in total. The van der Waals surface area contributed by atoms with E-state index in [1.165, 1.54) is 0 Å². The summed E-state index contributed by atoms with van der Waals surface area (Å²) in [6, 6.07) is 3.67. The molecule has 108 valence electrons. The monoisotopic (exact) mass is 287 g/mol. The van der Waals surface area contributed by atoms with Gasteiger partial charge in [-0.15, -0.1) is 0 Å². The summed E-state index contributed by atoms with van der Waals surface area (Å²) in [6.07, 6.45) is 0. The van der Waals surface area contributed by atoms with Gasteiger partial charge >= 0.3 is 0 Å². The van der Waals surface area contributed by atoms with E-state index in [2.05, 4.69) is 0 Å². The summed E-state index contributed by atoms with van der Waals surface area (Å²) in [5.41, 5.74) is 3.33. The Morgan fingerprint density at radius 2 is 1.84 bits per heavy atom. The van der Waals surface area contributed by atoms with E-state index in [0.29, 0.717) is 12.1 Å². The molecule has 0 aliphatic heterocycles. The van der Waals surface area contributed by atoms with Crippen LogP contribution in [-0.2, 0) is 15.9 Å². The Labute approximate surface area is 114 Å². The van der Waals surface area contributed by atoms with Crippen molar-refractivity contribution in [3.8, 4) is 0 Å². The summed E-state index contributed by atoms with van der Waals surface area (Å²) >= 11 is 0. The van der Waals surface area contributed by atoms with Gasteiger partial charge in [-0.25, -0.2) is 0 Å². The molecule has 0 saturated heterocycles. The van der Waals surface area contributed by atoms with Crippen molar-refractivity contribution in [1.29, 1.82) is 0 Å². The molecule has 5 nitrogen and oxygen atoms in total. The summed E-state index contributed by atoms with van der Waals surface area (Å²) in [6.45, 7) is 7.07. The predicted molar refractivity (Wildman–Crippen MR) is 76.1 cm³/mol. The van der Waals surface area contributed by atoms with Gasteiger partial charge in [-0.1, -0.05) is 6.07 Å². The van der Waals surface area contributed by atoms with Crippen molar-refractivity contribution in [2.75, 3.05) is 24.6 Å². The number of rotatable bonds is 6. The lowest BCUT2D eigenvalue weighted by atomic mass is 10.0. The Hall–Kier alpha value is -1.11. The van der Waals surface area contributed by atoms with Crippen LogP contribution in [0.2, 0.25) is 0 Å². The number of aliphatic hydroxyl groups excluding tert-OH is 1. The molecule has 1 rings (SSSR count). The second kappa shape index (κ2) is 6.36. The molecule has 1 aromatic rings. The van der Waals surface area contributed by atoms with Crippen LogP contribution in [0.15, 0.2) is 12.1 Å². The summed E-state index contributed by atoms with van der Waals surface area (Å²) in [5, 5.41) is 9.04. The number of aryl methyl sites for hydroxylation is 2. The zero-order valence-electron chi connectivity index (χ0n) is 11.5. The van der Waals surface area contributed by atoms with Crippen LogP contribution in [-0.4, -0.2) is 37.8 Å². The van der Waals surface area contributed by atoms with Gasteiger partial charge in [0.15, 0.2) is 0 Å². The number of hydrogen-bond donors (Lipinski definition) is 2. The summed E-state index contributed by atoms with van der Waals surface area (Å²) in [7, 11) is -4.02. The van der Waals surface area contributed by atoms with Gasteiger partial charge in [-0.3, -0.25) is 4.55 Å². The molecule has 0 aliphatic carbocycles. The Balaban J connectivity index is 3.15. The lowest BCUT2D eigenvalue weighted by molar-refractivity contribution is 0.302. The smallest absolute Gasteiger partial charge is 0.269 e. The Morgan fingerprint density at radius 3 is 2.32 bits per heavy atom. The number of aliphatic hydroxyl groups is 1. The van der Waals surface area contributed by atoms with Gasteiger partial charge in [-0.05, 0) is 43.5 Å². The summed E-state index contributed by atoms with van der Waals surface area (Å²) < 4.78 is 30.8. The van der Waals surface area contributed by atoms with Crippen LogP contribution in [0.1, 0.15) is 23.6 Å². The molecule has 0 amide bonds. The van der Waals surface area contributed by atoms with Crippen LogP contribution in [0.4, 0.5) is 5.69 Å². The first-order valence-corrected chi connectivity index (χ1v) is 7.80. The van der Waals surface area contributed by atoms with Crippen LogP contribution in [0, 0.1) is 13.8 Å². The van der Waals surface area contributed by atoms with Crippen LogP contribution >= 0.6 is 0 Å². The molecule has 6 heteroatoms. The van der Waals surface area contributed by atoms with E-state index in [-0.39, 0.29) is 12.4 Å². The van der Waals surface area contributed by atoms with Crippen molar-refractivity contribution < 1.29 is 18.1 Å². The summed E-state index contributed by atoms with van der Waals surface area (Å²) in [5.74, 6) is -0.369. The fourth-order valence-corrected chi connectivity index (χ4v) is 2.83. The van der Waals surface area contributed by atoms with E-state index in [1.54, 1.807) is 6.07 Å². The number of anilines is 1. The molecule has 0 bridgehead atoms. The lowest BCUT2D eigenvalue weighted by Gasteiger charge is -2.25. The van der Waals surface area contributed by atoms with Gasteiger partial charge in [0, 0.05) is 18.8 Å². The highest BCUT2D eigenvalue weighted by Gasteiger charge is 2.14. The standard InChI is InChI=1S/C13H21NO4S/c1-4-14(5-6-15)13-8-10(2)12(7-11(13)3)9-19(16,17)18/h7-8,15H,4-6,9H2,1-3H3,(H,16,17,18). The molecule has 0 radical (unpaired) electrons. The minimum Gasteiger partial charge on any atom is -0.395 e. The highest BCUT2D eigenvalue weighted by Crippen LogP contribution is 2.25. The van der Waals surface area contributed by atoms with Crippen LogP contribution in [0.5, 0.6) is 0 Å². The average molecular weight is 287 g/mol. The molecule has 19 heavy (non-hydrogen) atoms. The van der Waals surface area contributed by atoms with E-state index in [0.717, 1.165) is 23.4 Å². The van der Waals surface area contributed by atoms with Crippen molar-refractivity contribution in [3.05, 3.63) is 28.8 Å². The van der Waals surface area contributed by atoms with Crippen LogP contribution in [0.25, 0.3) is 0 Å². The number of hydrogen-bond acceptors (Lipinski definition) is 4. The predicted octanol–water partition coefficient (Wildman–Crippen LogP) is 1.51. The topological polar surface area (TPSA) is 77.8 Å². The highest BCUT2D eigenvalue weighted by atomic mass is 32.2. The molecule has 0 aliphatic rings. The van der Waals surface area contributed by atoms with Crippen molar-refractivity contribution in [1.82, 2.24) is 0 Å². The SMILES string of the molecule is CCN(CCO)c1cc(C)c(CS(=O)(=O)O)cc1C. The van der Waals surface area contributed by atoms with E-state index in [4.69, 9.17) is 9.66 Å². The molecule has 0 unspecified atom stereocenters. The second-order valence-electron chi connectivity index (χ2n) is 4.59. The molecule has 0 heterocycles. The molecule has 0 fully saturated rings. The normalized spacial score (nSPS) is 11.6. The van der Waals surface area contributed by atoms with Gasteiger partial charge in [0.05, 0.1) is 6.61 Å². The summed E-state index contributed by atoms with van der Waals surface area (Å²) in [4.78, 5) is 2.03. The van der Waals surface area contributed by atoms with E-state index in [1.807, 2.05) is 31.7 Å². The fraction of sp³-hybridized carbons (Fsp3) is 0.538. The first-order valence-electron chi connectivity index (χ1n) is 6.19. The largest absolute Gasteiger partial charge is 0.395 e. The number of benzene rings is 1. The fourth-order valence-electron chi connectivity index (χ4n) is 2.12. The van der Waals surface area contributed by atoms with Crippen molar-refractivity contribution in [2.45, 2.75) is 26.5 Å². The zero-order valence-corrected chi connectivity index (χ0v) is 12.4. The Bertz CT molecular complexity index is 540. The maximum absolute atomic E-state index is 11.0. The molecule has 0 aromatic heterocycles. The minimum absolute atomic E-state index is 0.0685. The molecule has 0 atom stereocenters. The first kappa shape index (κ1) is 15.9. The van der Waals surface area contributed by atoms with Crippen LogP contribution < -0.4 is 4.90 Å². The van der Waals surface area contributed by atoms with E-state index < -0.39 is 10.1 Å². The maximum Gasteiger partial charge on any atom is 0.269 e. The van der Waals surface area contributed by atoms with Gasteiger partial charge < -0.3 is 10.0 Å². The quantitative estimate of drug-likeness (QED) is 0.775. The lowest BCUT2D eigenvalue weighted by Crippen LogP contribution is -2.27. The zero-order chi connectivity index (χ0) is 14.6. The van der Waals surface area contributed by atoms with Crippen molar-refractivity contribution in [3.63, 3.8) is 0 Å². The Morgan fingerprint density at radius 1 is 1.21 bits per heavy atom. The van der Waals surface area contributed by atoms with E-state index >= 15 is 0 Å². The number of nitrogens with zero attached hydrogens (tertiary/aromatic N) is 1. The first-order chi connectivity index (χ1) is 8.78. The van der Waals surface area contributed by atoms with Crippen LogP contribution in [0.3, 0.4) is 0 Å².